The van der Waals surface area contributed by atoms with Gasteiger partial charge in [-0.15, -0.1) is 0 Å². The number of halogens is 2. The Morgan fingerprint density at radius 3 is 2.36 bits per heavy atom. The number of nitrogens with zero attached hydrogens (tertiary/aromatic N) is 2. The highest BCUT2D eigenvalue weighted by Gasteiger charge is 2.08. The smallest absolute Gasteiger partial charge is 0.269 e. The summed E-state index contributed by atoms with van der Waals surface area (Å²) in [5, 5.41) is 11.1. The number of non-ortho nitro benzene ring substituents is 1. The highest BCUT2D eigenvalue weighted by atomic mass is 32.2. The van der Waals surface area contributed by atoms with Gasteiger partial charge in [0.2, 0.25) is 0 Å². The Morgan fingerprint density at radius 2 is 1.71 bits per heavy atom. The Bertz CT molecular complexity index is 1030. The van der Waals surface area contributed by atoms with E-state index in [2.05, 4.69) is 9.97 Å². The number of benzene rings is 2. The molecule has 0 spiro atoms. The Morgan fingerprint density at radius 1 is 1.04 bits per heavy atom. The standard InChI is InChI=1S/C19H15F2N3O3S/c20-14-7-13(8-15(21)10-14)9-16-11-18(25)23-19(22-16)28-6-5-12-1-3-17(4-2-12)24(26)27/h1-4,7-8,10-11H,5-6,9H2,(H,22,23,25). The fourth-order valence-corrected chi connectivity index (χ4v) is 3.50. The number of nitro benzene ring substituents is 1. The summed E-state index contributed by atoms with van der Waals surface area (Å²) < 4.78 is 26.6. The largest absolute Gasteiger partial charge is 0.301 e. The molecule has 3 rings (SSSR count). The molecule has 6 nitrogen and oxygen atoms in total. The second kappa shape index (κ2) is 8.75. The predicted molar refractivity (Wildman–Crippen MR) is 102 cm³/mol. The summed E-state index contributed by atoms with van der Waals surface area (Å²) in [5.41, 5.74) is 1.40. The fraction of sp³-hybridized carbons (Fsp3) is 0.158. The van der Waals surface area contributed by atoms with Gasteiger partial charge in [0.15, 0.2) is 5.16 Å². The summed E-state index contributed by atoms with van der Waals surface area (Å²) in [6, 6.07) is 10.7. The van der Waals surface area contributed by atoms with Crippen molar-refractivity contribution in [2.75, 3.05) is 5.75 Å². The minimum atomic E-state index is -0.683. The summed E-state index contributed by atoms with van der Waals surface area (Å²) in [6.07, 6.45) is 0.764. The van der Waals surface area contributed by atoms with Gasteiger partial charge in [-0.05, 0) is 29.7 Å². The van der Waals surface area contributed by atoms with E-state index in [0.29, 0.717) is 28.6 Å². The minimum Gasteiger partial charge on any atom is -0.301 e. The average Bonchev–Trinajstić information content (AvgIpc) is 2.61. The van der Waals surface area contributed by atoms with Crippen LogP contribution in [0.2, 0.25) is 0 Å². The van der Waals surface area contributed by atoms with Gasteiger partial charge >= 0.3 is 0 Å². The summed E-state index contributed by atoms with van der Waals surface area (Å²) in [6.45, 7) is 0. The summed E-state index contributed by atoms with van der Waals surface area (Å²) >= 11 is 1.32. The van der Waals surface area contributed by atoms with Gasteiger partial charge in [0, 0.05) is 36.4 Å². The molecule has 1 N–H and O–H groups in total. The fourth-order valence-electron chi connectivity index (χ4n) is 2.61. The van der Waals surface area contributed by atoms with E-state index in [0.717, 1.165) is 11.6 Å². The molecule has 0 atom stereocenters. The van der Waals surface area contributed by atoms with Crippen LogP contribution in [-0.2, 0) is 12.8 Å². The number of aromatic nitrogens is 2. The van der Waals surface area contributed by atoms with Crippen LogP contribution in [0.5, 0.6) is 0 Å². The van der Waals surface area contributed by atoms with Crippen molar-refractivity contribution >= 4 is 17.4 Å². The monoisotopic (exact) mass is 403 g/mol. The third kappa shape index (κ3) is 5.46. The van der Waals surface area contributed by atoms with Gasteiger partial charge in [-0.2, -0.15) is 0 Å². The Balaban J connectivity index is 1.64. The second-order valence-corrected chi connectivity index (χ2v) is 7.10. The number of aryl methyl sites for hydroxylation is 1. The number of hydrogen-bond donors (Lipinski definition) is 1. The maximum absolute atomic E-state index is 13.3. The van der Waals surface area contributed by atoms with E-state index in [1.165, 1.54) is 42.1 Å². The first kappa shape index (κ1) is 19.7. The molecule has 9 heteroatoms. The van der Waals surface area contributed by atoms with Crippen molar-refractivity contribution in [1.29, 1.82) is 0 Å². The van der Waals surface area contributed by atoms with Crippen molar-refractivity contribution in [2.24, 2.45) is 0 Å². The highest BCUT2D eigenvalue weighted by Crippen LogP contribution is 2.18. The van der Waals surface area contributed by atoms with Gasteiger partial charge in [0.25, 0.3) is 11.2 Å². The third-order valence-corrected chi connectivity index (χ3v) is 4.73. The molecule has 0 fully saturated rings. The van der Waals surface area contributed by atoms with E-state index in [1.807, 2.05) is 0 Å². The van der Waals surface area contributed by atoms with Crippen LogP contribution in [0.1, 0.15) is 16.8 Å². The van der Waals surface area contributed by atoms with Gasteiger partial charge in [0.05, 0.1) is 10.6 Å². The molecule has 28 heavy (non-hydrogen) atoms. The van der Waals surface area contributed by atoms with E-state index in [-0.39, 0.29) is 17.7 Å². The molecule has 0 saturated heterocycles. The molecule has 0 aliphatic carbocycles. The molecule has 0 saturated carbocycles. The number of nitrogens with one attached hydrogen (secondary N) is 1. The van der Waals surface area contributed by atoms with Crippen molar-refractivity contribution in [2.45, 2.75) is 18.0 Å². The molecule has 3 aromatic rings. The van der Waals surface area contributed by atoms with E-state index in [9.17, 15) is 23.7 Å². The van der Waals surface area contributed by atoms with Crippen molar-refractivity contribution in [3.8, 4) is 0 Å². The lowest BCUT2D eigenvalue weighted by Gasteiger charge is -2.05. The summed E-state index contributed by atoms with van der Waals surface area (Å²) in [4.78, 5) is 29.0. The van der Waals surface area contributed by atoms with E-state index >= 15 is 0 Å². The molecule has 1 aromatic heterocycles. The van der Waals surface area contributed by atoms with Gasteiger partial charge in [-0.1, -0.05) is 23.9 Å². The normalized spacial score (nSPS) is 10.8. The van der Waals surface area contributed by atoms with Crippen LogP contribution in [-0.4, -0.2) is 20.6 Å². The Hall–Kier alpha value is -3.07. The number of aromatic amines is 1. The number of nitro groups is 1. The maximum atomic E-state index is 13.3. The lowest BCUT2D eigenvalue weighted by molar-refractivity contribution is -0.384. The molecule has 144 valence electrons. The number of H-pyrrole nitrogens is 1. The van der Waals surface area contributed by atoms with Crippen LogP contribution < -0.4 is 5.56 Å². The first-order chi connectivity index (χ1) is 13.4. The minimum absolute atomic E-state index is 0.0314. The van der Waals surface area contributed by atoms with Crippen molar-refractivity contribution < 1.29 is 13.7 Å². The van der Waals surface area contributed by atoms with E-state index in [1.54, 1.807) is 12.1 Å². The van der Waals surface area contributed by atoms with E-state index in [4.69, 9.17) is 0 Å². The Kier molecular flexibility index (Phi) is 6.15. The van der Waals surface area contributed by atoms with Crippen molar-refractivity contribution in [3.05, 3.63) is 97.5 Å². The highest BCUT2D eigenvalue weighted by molar-refractivity contribution is 7.99. The van der Waals surface area contributed by atoms with Gasteiger partial charge in [-0.25, -0.2) is 13.8 Å². The van der Waals surface area contributed by atoms with E-state index < -0.39 is 16.6 Å². The van der Waals surface area contributed by atoms with Crippen molar-refractivity contribution in [1.82, 2.24) is 9.97 Å². The number of hydrogen-bond acceptors (Lipinski definition) is 5. The van der Waals surface area contributed by atoms with Gasteiger partial charge in [0.1, 0.15) is 11.6 Å². The van der Waals surface area contributed by atoms with Crippen molar-refractivity contribution in [3.63, 3.8) is 0 Å². The molecule has 1 heterocycles. The third-order valence-electron chi connectivity index (χ3n) is 3.86. The Labute approximate surface area is 162 Å². The molecule has 2 aromatic carbocycles. The van der Waals surface area contributed by atoms with Crippen LogP contribution in [0.25, 0.3) is 0 Å². The first-order valence-electron chi connectivity index (χ1n) is 8.30. The van der Waals surface area contributed by atoms with Crippen LogP contribution >= 0.6 is 11.8 Å². The quantitative estimate of drug-likeness (QED) is 0.280. The number of thioether (sulfide) groups is 1. The van der Waals surface area contributed by atoms with Gasteiger partial charge in [-0.3, -0.25) is 14.9 Å². The lowest BCUT2D eigenvalue weighted by atomic mass is 10.1. The van der Waals surface area contributed by atoms with Crippen LogP contribution in [0.4, 0.5) is 14.5 Å². The zero-order chi connectivity index (χ0) is 20.1. The molecule has 0 amide bonds. The zero-order valence-corrected chi connectivity index (χ0v) is 15.3. The van der Waals surface area contributed by atoms with Crippen LogP contribution in [0.15, 0.2) is 58.5 Å². The van der Waals surface area contributed by atoms with Crippen LogP contribution in [0, 0.1) is 21.7 Å². The lowest BCUT2D eigenvalue weighted by Crippen LogP contribution is -2.11. The SMILES string of the molecule is O=c1cc(Cc2cc(F)cc(F)c2)nc(SCCc2ccc([N+](=O)[O-])cc2)[nH]1. The molecular weight excluding hydrogens is 388 g/mol. The van der Waals surface area contributed by atoms with Crippen LogP contribution in [0.3, 0.4) is 0 Å². The first-order valence-corrected chi connectivity index (χ1v) is 9.29. The van der Waals surface area contributed by atoms with Gasteiger partial charge < -0.3 is 4.98 Å². The maximum Gasteiger partial charge on any atom is 0.269 e. The predicted octanol–water partition coefficient (Wildman–Crippen LogP) is 3.88. The number of rotatable bonds is 7. The molecule has 0 aliphatic rings. The molecule has 0 radical (unpaired) electrons. The summed E-state index contributed by atoms with van der Waals surface area (Å²) in [7, 11) is 0. The average molecular weight is 403 g/mol. The molecule has 0 bridgehead atoms. The molecular formula is C19H15F2N3O3S. The topological polar surface area (TPSA) is 88.9 Å². The second-order valence-electron chi connectivity index (χ2n) is 6.02. The zero-order valence-electron chi connectivity index (χ0n) is 14.5. The summed E-state index contributed by atoms with van der Waals surface area (Å²) in [5.74, 6) is -0.770. The molecule has 0 aliphatic heterocycles. The molecule has 0 unspecified atom stereocenters.